The van der Waals surface area contributed by atoms with E-state index in [0.717, 1.165) is 5.56 Å². The number of carbonyl (C=O) groups excluding carboxylic acids is 1. The first-order chi connectivity index (χ1) is 12.5. The number of nitrogens with one attached hydrogen (secondary N) is 1. The van der Waals surface area contributed by atoms with Crippen LogP contribution in [0.3, 0.4) is 0 Å². The minimum absolute atomic E-state index is 0.156. The molecule has 0 saturated heterocycles. The largest absolute Gasteiger partial charge is 0.390 e. The van der Waals surface area contributed by atoms with E-state index in [4.69, 9.17) is 0 Å². The van der Waals surface area contributed by atoms with Crippen molar-refractivity contribution in [2.24, 2.45) is 0 Å². The van der Waals surface area contributed by atoms with Crippen molar-refractivity contribution < 1.29 is 9.72 Å². The molecule has 134 valence electrons. The van der Waals surface area contributed by atoms with Gasteiger partial charge in [0.1, 0.15) is 0 Å². The molecule has 2 aromatic heterocycles. The molecule has 1 amide bonds. The van der Waals surface area contributed by atoms with Crippen LogP contribution in [-0.2, 0) is 17.9 Å². The minimum atomic E-state index is -0.551. The predicted molar refractivity (Wildman–Crippen MR) is 94.6 cm³/mol. The van der Waals surface area contributed by atoms with Gasteiger partial charge in [-0.3, -0.25) is 9.48 Å². The second kappa shape index (κ2) is 7.60. The van der Waals surface area contributed by atoms with Gasteiger partial charge in [-0.25, -0.2) is 0 Å². The van der Waals surface area contributed by atoms with Crippen LogP contribution in [-0.4, -0.2) is 30.4 Å². The first-order valence-electron chi connectivity index (χ1n) is 8.06. The number of hydrogen-bond acceptors (Lipinski definition) is 5. The maximum Gasteiger partial charge on any atom is 0.390 e. The molecule has 0 aliphatic rings. The molecule has 9 heteroatoms. The zero-order valence-corrected chi connectivity index (χ0v) is 14.2. The lowest BCUT2D eigenvalue weighted by Gasteiger charge is -2.03. The normalized spacial score (nSPS) is 10.7. The standard InChI is InChI=1S/C17H18N6O3/c1-13-9-16(23(25)26)20-22(13)8-7-17(24)19-15-10-18-21(12-15)11-14-5-3-2-4-6-14/h2-6,9-10,12H,7-8,11H2,1H3,(H,19,24). The number of aryl methyl sites for hydroxylation is 2. The fraction of sp³-hybridized carbons (Fsp3) is 0.235. The van der Waals surface area contributed by atoms with Gasteiger partial charge in [-0.05, 0) is 17.4 Å². The quantitative estimate of drug-likeness (QED) is 0.518. The van der Waals surface area contributed by atoms with Gasteiger partial charge >= 0.3 is 5.82 Å². The molecule has 3 aromatic rings. The average molecular weight is 354 g/mol. The van der Waals surface area contributed by atoms with Gasteiger partial charge in [0.25, 0.3) is 0 Å². The molecule has 0 bridgehead atoms. The number of rotatable bonds is 7. The van der Waals surface area contributed by atoms with E-state index >= 15 is 0 Å². The monoisotopic (exact) mass is 354 g/mol. The van der Waals surface area contributed by atoms with Crippen molar-refractivity contribution in [3.63, 3.8) is 0 Å². The summed E-state index contributed by atoms with van der Waals surface area (Å²) in [6.45, 7) is 2.60. The third-order valence-corrected chi connectivity index (χ3v) is 3.81. The number of nitrogens with zero attached hydrogens (tertiary/aromatic N) is 5. The first kappa shape index (κ1) is 17.3. The molecule has 9 nitrogen and oxygen atoms in total. The average Bonchev–Trinajstić information content (AvgIpc) is 3.20. The fourth-order valence-electron chi connectivity index (χ4n) is 2.52. The van der Waals surface area contributed by atoms with E-state index in [1.54, 1.807) is 24.0 Å². The van der Waals surface area contributed by atoms with Gasteiger partial charge in [0, 0.05) is 12.6 Å². The van der Waals surface area contributed by atoms with Gasteiger partial charge in [0.2, 0.25) is 5.91 Å². The molecule has 3 rings (SSSR count). The maximum absolute atomic E-state index is 12.1. The van der Waals surface area contributed by atoms with E-state index < -0.39 is 4.92 Å². The molecular formula is C17H18N6O3. The molecule has 2 heterocycles. The molecular weight excluding hydrogens is 336 g/mol. The molecule has 0 radical (unpaired) electrons. The number of carbonyl (C=O) groups is 1. The van der Waals surface area contributed by atoms with Gasteiger partial charge < -0.3 is 15.4 Å². The zero-order valence-electron chi connectivity index (χ0n) is 14.2. The molecule has 0 atom stereocenters. The molecule has 0 fully saturated rings. The molecule has 1 N–H and O–H groups in total. The summed E-state index contributed by atoms with van der Waals surface area (Å²) in [7, 11) is 0. The minimum Gasteiger partial charge on any atom is -0.358 e. The van der Waals surface area contributed by atoms with Crippen molar-refractivity contribution in [3.8, 4) is 0 Å². The Hall–Kier alpha value is -3.49. The van der Waals surface area contributed by atoms with Crippen LogP contribution in [0.25, 0.3) is 0 Å². The first-order valence-corrected chi connectivity index (χ1v) is 8.06. The molecule has 26 heavy (non-hydrogen) atoms. The summed E-state index contributed by atoms with van der Waals surface area (Å²) in [6, 6.07) is 11.3. The van der Waals surface area contributed by atoms with Crippen molar-refractivity contribution >= 4 is 17.4 Å². The maximum atomic E-state index is 12.1. The van der Waals surface area contributed by atoms with Crippen LogP contribution in [0.5, 0.6) is 0 Å². The van der Waals surface area contributed by atoms with Crippen molar-refractivity contribution in [1.29, 1.82) is 0 Å². The van der Waals surface area contributed by atoms with Crippen molar-refractivity contribution in [1.82, 2.24) is 19.6 Å². The van der Waals surface area contributed by atoms with E-state index in [0.29, 0.717) is 17.9 Å². The molecule has 0 aliphatic heterocycles. The molecule has 0 saturated carbocycles. The highest BCUT2D eigenvalue weighted by Gasteiger charge is 2.16. The lowest BCUT2D eigenvalue weighted by Crippen LogP contribution is -2.15. The molecule has 0 unspecified atom stereocenters. The molecule has 0 spiro atoms. The Morgan fingerprint density at radius 2 is 2.08 bits per heavy atom. The summed E-state index contributed by atoms with van der Waals surface area (Å²) in [5.74, 6) is -0.424. The van der Waals surface area contributed by atoms with Crippen LogP contribution in [0, 0.1) is 17.0 Å². The Morgan fingerprint density at radius 3 is 2.77 bits per heavy atom. The van der Waals surface area contributed by atoms with E-state index in [-0.39, 0.29) is 24.7 Å². The van der Waals surface area contributed by atoms with Crippen LogP contribution in [0.1, 0.15) is 17.7 Å². The summed E-state index contributed by atoms with van der Waals surface area (Å²) >= 11 is 0. The summed E-state index contributed by atoms with van der Waals surface area (Å²) in [4.78, 5) is 22.3. The number of hydrogen-bond donors (Lipinski definition) is 1. The smallest absolute Gasteiger partial charge is 0.358 e. The van der Waals surface area contributed by atoms with Crippen molar-refractivity contribution in [2.75, 3.05) is 5.32 Å². The second-order valence-electron chi connectivity index (χ2n) is 5.83. The second-order valence-corrected chi connectivity index (χ2v) is 5.83. The number of anilines is 1. The Balaban J connectivity index is 1.53. The number of amides is 1. The highest BCUT2D eigenvalue weighted by Crippen LogP contribution is 2.12. The highest BCUT2D eigenvalue weighted by molar-refractivity contribution is 5.90. The number of benzene rings is 1. The Bertz CT molecular complexity index is 916. The predicted octanol–water partition coefficient (Wildman–Crippen LogP) is 2.37. The van der Waals surface area contributed by atoms with Crippen LogP contribution in [0.4, 0.5) is 11.5 Å². The zero-order chi connectivity index (χ0) is 18.5. The van der Waals surface area contributed by atoms with E-state index in [9.17, 15) is 14.9 Å². The van der Waals surface area contributed by atoms with Crippen LogP contribution in [0.15, 0.2) is 48.8 Å². The van der Waals surface area contributed by atoms with Crippen LogP contribution < -0.4 is 5.32 Å². The third kappa shape index (κ3) is 4.32. The van der Waals surface area contributed by atoms with E-state index in [1.165, 1.54) is 10.7 Å². The summed E-state index contributed by atoms with van der Waals surface area (Å²) in [5, 5.41) is 21.6. The summed E-state index contributed by atoms with van der Waals surface area (Å²) in [5.41, 5.74) is 2.36. The third-order valence-electron chi connectivity index (χ3n) is 3.81. The topological polar surface area (TPSA) is 108 Å². The van der Waals surface area contributed by atoms with Crippen molar-refractivity contribution in [2.45, 2.75) is 26.4 Å². The SMILES string of the molecule is Cc1cc([N+](=O)[O-])nn1CCC(=O)Nc1cnn(Cc2ccccc2)c1. The van der Waals surface area contributed by atoms with E-state index in [2.05, 4.69) is 15.5 Å². The van der Waals surface area contributed by atoms with Crippen molar-refractivity contribution in [3.05, 3.63) is 70.2 Å². The van der Waals surface area contributed by atoms with Gasteiger partial charge in [-0.2, -0.15) is 9.78 Å². The highest BCUT2D eigenvalue weighted by atomic mass is 16.6. The Kier molecular flexibility index (Phi) is 5.07. The Labute approximate surface area is 149 Å². The summed E-state index contributed by atoms with van der Waals surface area (Å²) < 4.78 is 3.20. The number of aromatic nitrogens is 4. The fourth-order valence-corrected chi connectivity index (χ4v) is 2.52. The van der Waals surface area contributed by atoms with Gasteiger partial charge in [0.05, 0.1) is 41.8 Å². The summed E-state index contributed by atoms with van der Waals surface area (Å²) in [6.07, 6.45) is 3.50. The van der Waals surface area contributed by atoms with Gasteiger partial charge in [-0.1, -0.05) is 30.3 Å². The van der Waals surface area contributed by atoms with Crippen LogP contribution in [0.2, 0.25) is 0 Å². The van der Waals surface area contributed by atoms with Gasteiger partial charge in [0.15, 0.2) is 0 Å². The lowest BCUT2D eigenvalue weighted by molar-refractivity contribution is -0.389. The van der Waals surface area contributed by atoms with Gasteiger partial charge in [-0.15, -0.1) is 0 Å². The van der Waals surface area contributed by atoms with Crippen LogP contribution >= 0.6 is 0 Å². The molecule has 0 aliphatic carbocycles. The Morgan fingerprint density at radius 1 is 1.31 bits per heavy atom. The number of nitro groups is 1. The lowest BCUT2D eigenvalue weighted by atomic mass is 10.2. The molecule has 1 aromatic carbocycles. The van der Waals surface area contributed by atoms with E-state index in [1.807, 2.05) is 30.3 Å².